The number of nitrogens with zero attached hydrogens (tertiary/aromatic N) is 2. The van der Waals surface area contributed by atoms with Gasteiger partial charge in [0.1, 0.15) is 11.6 Å². The quantitative estimate of drug-likeness (QED) is 0.206. The van der Waals surface area contributed by atoms with Crippen molar-refractivity contribution in [2.75, 3.05) is 13.4 Å². The fourth-order valence-electron chi connectivity index (χ4n) is 4.76. The fraction of sp³-hybridized carbons (Fsp3) is 0.0690. The average molecular weight is 495 g/mol. The second-order valence-electron chi connectivity index (χ2n) is 8.54. The molecule has 0 saturated heterocycles. The molecule has 36 heavy (non-hydrogen) atoms. The number of rotatable bonds is 5. The third kappa shape index (κ3) is 3.65. The highest BCUT2D eigenvalue weighted by atomic mass is 32.2. The Bertz CT molecular complexity index is 1880. The second kappa shape index (κ2) is 8.39. The van der Waals surface area contributed by atoms with Crippen molar-refractivity contribution in [3.8, 4) is 28.6 Å². The van der Waals surface area contributed by atoms with Crippen LogP contribution in [0.4, 0.5) is 0 Å². The van der Waals surface area contributed by atoms with Crippen LogP contribution >= 0.6 is 0 Å². The molecule has 0 amide bonds. The number of hydrogen-bond acceptors (Lipinski definition) is 5. The van der Waals surface area contributed by atoms with Crippen LogP contribution in [0.25, 0.3) is 49.7 Å². The summed E-state index contributed by atoms with van der Waals surface area (Å²) in [5, 5.41) is 4.29. The van der Waals surface area contributed by atoms with Crippen LogP contribution in [0, 0.1) is 0 Å². The molecule has 0 atom stereocenters. The Morgan fingerprint density at radius 3 is 2.03 bits per heavy atom. The minimum Gasteiger partial charge on any atom is -0.497 e. The maximum atomic E-state index is 12.2. The SMILES string of the molecule is COc1ccc(-c2nc3c4ccccc4c4ccccc4c3n2-c2ccccc2)c(OS(C)(=O)=O)c1. The molecule has 178 valence electrons. The summed E-state index contributed by atoms with van der Waals surface area (Å²) in [6.07, 6.45) is 1.03. The molecule has 5 aromatic carbocycles. The van der Waals surface area contributed by atoms with E-state index in [1.165, 1.54) is 7.11 Å². The van der Waals surface area contributed by atoms with Gasteiger partial charge in [0, 0.05) is 22.5 Å². The molecule has 1 aromatic heterocycles. The fourth-order valence-corrected chi connectivity index (χ4v) is 5.22. The van der Waals surface area contributed by atoms with Crippen LogP contribution < -0.4 is 8.92 Å². The van der Waals surface area contributed by atoms with Gasteiger partial charge in [0.25, 0.3) is 0 Å². The largest absolute Gasteiger partial charge is 0.497 e. The lowest BCUT2D eigenvalue weighted by Gasteiger charge is -2.14. The van der Waals surface area contributed by atoms with Gasteiger partial charge in [0.15, 0.2) is 5.75 Å². The molecular weight excluding hydrogens is 472 g/mol. The number of benzene rings is 5. The topological polar surface area (TPSA) is 70.4 Å². The van der Waals surface area contributed by atoms with E-state index in [9.17, 15) is 8.42 Å². The lowest BCUT2D eigenvalue weighted by Crippen LogP contribution is -2.08. The molecule has 0 unspecified atom stereocenters. The van der Waals surface area contributed by atoms with E-state index in [0.29, 0.717) is 17.1 Å². The molecule has 1 heterocycles. The Labute approximate surface area is 208 Å². The Balaban J connectivity index is 1.81. The van der Waals surface area contributed by atoms with Gasteiger partial charge >= 0.3 is 10.1 Å². The number of aromatic nitrogens is 2. The van der Waals surface area contributed by atoms with Crippen molar-refractivity contribution >= 4 is 42.7 Å². The minimum atomic E-state index is -3.80. The molecule has 0 saturated carbocycles. The number of imidazole rings is 1. The summed E-state index contributed by atoms with van der Waals surface area (Å²) in [6, 6.07) is 31.5. The first-order valence-electron chi connectivity index (χ1n) is 11.4. The number of methoxy groups -OCH3 is 1. The van der Waals surface area contributed by atoms with Crippen LogP contribution in [-0.2, 0) is 10.1 Å². The molecule has 0 bridgehead atoms. The Kier molecular flexibility index (Phi) is 5.16. The molecular formula is C29H22N2O4S. The van der Waals surface area contributed by atoms with Gasteiger partial charge in [-0.3, -0.25) is 4.57 Å². The highest BCUT2D eigenvalue weighted by Crippen LogP contribution is 2.41. The van der Waals surface area contributed by atoms with E-state index in [2.05, 4.69) is 28.8 Å². The third-order valence-corrected chi connectivity index (χ3v) is 6.70. The summed E-state index contributed by atoms with van der Waals surface area (Å²) >= 11 is 0. The molecule has 0 aliphatic rings. The molecule has 0 radical (unpaired) electrons. The van der Waals surface area contributed by atoms with E-state index in [1.807, 2.05) is 54.6 Å². The first-order valence-corrected chi connectivity index (χ1v) is 13.2. The normalized spacial score (nSPS) is 11.8. The van der Waals surface area contributed by atoms with E-state index in [-0.39, 0.29) is 5.75 Å². The van der Waals surface area contributed by atoms with Gasteiger partial charge in [-0.15, -0.1) is 0 Å². The van der Waals surface area contributed by atoms with Crippen LogP contribution in [0.3, 0.4) is 0 Å². The van der Waals surface area contributed by atoms with Crippen LogP contribution in [0.15, 0.2) is 97.1 Å². The van der Waals surface area contributed by atoms with Crippen molar-refractivity contribution in [1.29, 1.82) is 0 Å². The Hall–Kier alpha value is -4.36. The third-order valence-electron chi connectivity index (χ3n) is 6.22. The average Bonchev–Trinajstić information content (AvgIpc) is 3.29. The second-order valence-corrected chi connectivity index (χ2v) is 10.1. The smallest absolute Gasteiger partial charge is 0.306 e. The van der Waals surface area contributed by atoms with Gasteiger partial charge in [-0.05, 0) is 35.0 Å². The number of ether oxygens (including phenoxy) is 1. The van der Waals surface area contributed by atoms with Crippen molar-refractivity contribution in [2.24, 2.45) is 0 Å². The van der Waals surface area contributed by atoms with Gasteiger partial charge in [-0.1, -0.05) is 66.7 Å². The van der Waals surface area contributed by atoms with E-state index in [1.54, 1.807) is 18.2 Å². The van der Waals surface area contributed by atoms with Gasteiger partial charge in [0.2, 0.25) is 0 Å². The highest BCUT2D eigenvalue weighted by molar-refractivity contribution is 7.86. The van der Waals surface area contributed by atoms with Crippen molar-refractivity contribution in [2.45, 2.75) is 0 Å². The van der Waals surface area contributed by atoms with Gasteiger partial charge < -0.3 is 8.92 Å². The monoisotopic (exact) mass is 494 g/mol. The summed E-state index contributed by atoms with van der Waals surface area (Å²) in [6.45, 7) is 0. The summed E-state index contributed by atoms with van der Waals surface area (Å²) in [5.74, 6) is 1.20. The van der Waals surface area contributed by atoms with Crippen molar-refractivity contribution < 1.29 is 17.3 Å². The van der Waals surface area contributed by atoms with Crippen molar-refractivity contribution in [3.05, 3.63) is 97.1 Å². The van der Waals surface area contributed by atoms with Gasteiger partial charge in [-0.25, -0.2) is 4.98 Å². The number of hydrogen-bond donors (Lipinski definition) is 0. The first-order chi connectivity index (χ1) is 17.4. The van der Waals surface area contributed by atoms with E-state index in [4.69, 9.17) is 13.9 Å². The Morgan fingerprint density at radius 2 is 1.36 bits per heavy atom. The van der Waals surface area contributed by atoms with Gasteiger partial charge in [0.05, 0.1) is 30.0 Å². The molecule has 6 aromatic rings. The molecule has 0 aliphatic heterocycles. The lowest BCUT2D eigenvalue weighted by atomic mass is 10.00. The maximum absolute atomic E-state index is 12.2. The lowest BCUT2D eigenvalue weighted by molar-refractivity contribution is 0.412. The summed E-state index contributed by atoms with van der Waals surface area (Å²) in [4.78, 5) is 5.13. The first kappa shape index (κ1) is 22.1. The summed E-state index contributed by atoms with van der Waals surface area (Å²) in [7, 11) is -2.28. The summed E-state index contributed by atoms with van der Waals surface area (Å²) in [5.41, 5.74) is 3.20. The molecule has 7 heteroatoms. The molecule has 6 nitrogen and oxygen atoms in total. The van der Waals surface area contributed by atoms with Gasteiger partial charge in [-0.2, -0.15) is 8.42 Å². The van der Waals surface area contributed by atoms with E-state index in [0.717, 1.165) is 44.5 Å². The standard InChI is InChI=1S/C29H22N2O4S/c1-34-20-16-17-25(26(18-20)35-36(2,32)33)29-30-27-23-14-8-6-12-21(23)22-13-7-9-15-24(22)28(27)31(29)19-10-4-3-5-11-19/h3-18H,1-2H3. The van der Waals surface area contributed by atoms with E-state index < -0.39 is 10.1 Å². The van der Waals surface area contributed by atoms with Crippen LogP contribution in [0.5, 0.6) is 11.5 Å². The van der Waals surface area contributed by atoms with Crippen LogP contribution in [0.1, 0.15) is 0 Å². The maximum Gasteiger partial charge on any atom is 0.306 e. The summed E-state index contributed by atoms with van der Waals surface area (Å²) < 4.78 is 37.2. The molecule has 0 fully saturated rings. The number of fused-ring (bicyclic) bond motifs is 6. The predicted octanol–water partition coefficient (Wildman–Crippen LogP) is 6.35. The predicted molar refractivity (Wildman–Crippen MR) is 144 cm³/mol. The van der Waals surface area contributed by atoms with Crippen LogP contribution in [0.2, 0.25) is 0 Å². The highest BCUT2D eigenvalue weighted by Gasteiger charge is 2.23. The zero-order valence-electron chi connectivity index (χ0n) is 19.7. The number of para-hydroxylation sites is 1. The Morgan fingerprint density at radius 1 is 0.750 bits per heavy atom. The van der Waals surface area contributed by atoms with E-state index >= 15 is 0 Å². The van der Waals surface area contributed by atoms with Crippen molar-refractivity contribution in [1.82, 2.24) is 9.55 Å². The minimum absolute atomic E-state index is 0.151. The molecule has 0 spiro atoms. The molecule has 0 aliphatic carbocycles. The molecule has 6 rings (SSSR count). The van der Waals surface area contributed by atoms with Crippen LogP contribution in [-0.4, -0.2) is 31.3 Å². The molecule has 0 N–H and O–H groups in total. The zero-order chi connectivity index (χ0) is 24.9. The van der Waals surface area contributed by atoms with Crippen molar-refractivity contribution in [3.63, 3.8) is 0 Å². The zero-order valence-corrected chi connectivity index (χ0v) is 20.5.